The van der Waals surface area contributed by atoms with Crippen LogP contribution in [-0.2, 0) is 0 Å². The van der Waals surface area contributed by atoms with Gasteiger partial charge in [0.1, 0.15) is 0 Å². The normalized spacial score (nSPS) is 14.3. The van der Waals surface area contributed by atoms with Crippen LogP contribution in [0.1, 0.15) is 12.8 Å². The van der Waals surface area contributed by atoms with Gasteiger partial charge in [0.05, 0.1) is 5.50 Å². The van der Waals surface area contributed by atoms with Crippen molar-refractivity contribution in [1.82, 2.24) is 4.90 Å². The Morgan fingerprint density at radius 3 is 2.44 bits per heavy atom. The van der Waals surface area contributed by atoms with Crippen LogP contribution < -0.4 is 0 Å². The number of hydrogen-bond donors (Lipinski definition) is 1. The van der Waals surface area contributed by atoms with Crippen molar-refractivity contribution in [2.24, 2.45) is 0 Å². The lowest BCUT2D eigenvalue weighted by molar-refractivity contribution is 0.265. The molecule has 0 fully saturated rings. The average molecular weight is 152 g/mol. The SMILES string of the molecule is CN(C)C(Cl)CCCO. The fourth-order valence-corrected chi connectivity index (χ4v) is 0.672. The summed E-state index contributed by atoms with van der Waals surface area (Å²) in [5.74, 6) is 0. The van der Waals surface area contributed by atoms with Crippen LogP contribution >= 0.6 is 11.6 Å². The molecule has 0 aromatic carbocycles. The van der Waals surface area contributed by atoms with Gasteiger partial charge in [0.2, 0.25) is 0 Å². The first kappa shape index (κ1) is 9.21. The van der Waals surface area contributed by atoms with Crippen molar-refractivity contribution in [2.75, 3.05) is 20.7 Å². The number of aliphatic hydroxyl groups is 1. The number of hydrogen-bond acceptors (Lipinski definition) is 2. The molecule has 0 spiro atoms. The van der Waals surface area contributed by atoms with Gasteiger partial charge in [0.25, 0.3) is 0 Å². The molecule has 0 radical (unpaired) electrons. The van der Waals surface area contributed by atoms with E-state index < -0.39 is 0 Å². The largest absolute Gasteiger partial charge is 0.396 e. The molecule has 56 valence electrons. The first-order valence-electron chi connectivity index (χ1n) is 3.10. The van der Waals surface area contributed by atoms with E-state index in [1.807, 2.05) is 19.0 Å². The van der Waals surface area contributed by atoms with Gasteiger partial charge in [-0.2, -0.15) is 0 Å². The molecule has 2 nitrogen and oxygen atoms in total. The molecule has 9 heavy (non-hydrogen) atoms. The fraction of sp³-hybridized carbons (Fsp3) is 1.00. The van der Waals surface area contributed by atoms with Crippen molar-refractivity contribution < 1.29 is 5.11 Å². The minimum absolute atomic E-state index is 0.0668. The van der Waals surface area contributed by atoms with Gasteiger partial charge < -0.3 is 5.11 Å². The quantitative estimate of drug-likeness (QED) is 0.477. The zero-order valence-electron chi connectivity index (χ0n) is 5.97. The molecule has 0 bridgehead atoms. The smallest absolute Gasteiger partial charge is 0.0846 e. The highest BCUT2D eigenvalue weighted by atomic mass is 35.5. The van der Waals surface area contributed by atoms with Gasteiger partial charge in [-0.25, -0.2) is 0 Å². The second kappa shape index (κ2) is 5.03. The molecule has 0 saturated heterocycles. The van der Waals surface area contributed by atoms with E-state index in [9.17, 15) is 0 Å². The summed E-state index contributed by atoms with van der Waals surface area (Å²) in [6.45, 7) is 0.233. The Morgan fingerprint density at radius 1 is 1.56 bits per heavy atom. The van der Waals surface area contributed by atoms with E-state index in [-0.39, 0.29) is 12.1 Å². The molecule has 1 atom stereocenters. The number of halogens is 1. The molecular weight excluding hydrogens is 138 g/mol. The lowest BCUT2D eigenvalue weighted by Crippen LogP contribution is -2.22. The van der Waals surface area contributed by atoms with Crippen LogP contribution in [0.4, 0.5) is 0 Å². The fourth-order valence-electron chi connectivity index (χ4n) is 0.518. The van der Waals surface area contributed by atoms with E-state index in [4.69, 9.17) is 16.7 Å². The topological polar surface area (TPSA) is 23.5 Å². The highest BCUT2D eigenvalue weighted by Gasteiger charge is 2.04. The van der Waals surface area contributed by atoms with Gasteiger partial charge in [-0.1, -0.05) is 0 Å². The minimum atomic E-state index is 0.0668. The predicted molar refractivity (Wildman–Crippen MR) is 39.6 cm³/mol. The van der Waals surface area contributed by atoms with E-state index in [0.29, 0.717) is 0 Å². The van der Waals surface area contributed by atoms with Crippen LogP contribution in [0.3, 0.4) is 0 Å². The predicted octanol–water partition coefficient (Wildman–Crippen LogP) is 0.885. The third-order valence-electron chi connectivity index (χ3n) is 1.16. The number of nitrogens with zero attached hydrogens (tertiary/aromatic N) is 1. The second-order valence-corrected chi connectivity index (χ2v) is 2.77. The molecule has 1 unspecified atom stereocenters. The molecule has 0 heterocycles. The average Bonchev–Trinajstić information content (AvgIpc) is 1.82. The zero-order chi connectivity index (χ0) is 7.28. The Morgan fingerprint density at radius 2 is 2.11 bits per heavy atom. The summed E-state index contributed by atoms with van der Waals surface area (Å²) in [5, 5.41) is 8.42. The van der Waals surface area contributed by atoms with E-state index >= 15 is 0 Å². The highest BCUT2D eigenvalue weighted by Crippen LogP contribution is 2.06. The molecule has 0 aliphatic carbocycles. The van der Waals surface area contributed by atoms with Gasteiger partial charge in [-0.3, -0.25) is 4.90 Å². The van der Waals surface area contributed by atoms with E-state index in [0.717, 1.165) is 12.8 Å². The summed E-state index contributed by atoms with van der Waals surface area (Å²) < 4.78 is 0. The van der Waals surface area contributed by atoms with Gasteiger partial charge in [-0.15, -0.1) is 11.6 Å². The van der Waals surface area contributed by atoms with E-state index in [1.54, 1.807) is 0 Å². The van der Waals surface area contributed by atoms with E-state index in [2.05, 4.69) is 0 Å². The lowest BCUT2D eigenvalue weighted by atomic mass is 10.3. The summed E-state index contributed by atoms with van der Waals surface area (Å²) in [6, 6.07) is 0. The van der Waals surface area contributed by atoms with Gasteiger partial charge >= 0.3 is 0 Å². The first-order chi connectivity index (χ1) is 4.18. The maximum atomic E-state index is 8.42. The molecule has 0 aromatic heterocycles. The molecule has 1 N–H and O–H groups in total. The summed E-state index contributed by atoms with van der Waals surface area (Å²) in [5.41, 5.74) is 0.0668. The third kappa shape index (κ3) is 4.70. The van der Waals surface area contributed by atoms with Crippen molar-refractivity contribution in [3.8, 4) is 0 Å². The molecule has 0 amide bonds. The van der Waals surface area contributed by atoms with Gasteiger partial charge in [-0.05, 0) is 26.9 Å². The van der Waals surface area contributed by atoms with Crippen LogP contribution in [0.5, 0.6) is 0 Å². The number of alkyl halides is 1. The Balaban J connectivity index is 3.16. The zero-order valence-corrected chi connectivity index (χ0v) is 6.73. The summed E-state index contributed by atoms with van der Waals surface area (Å²) in [6.07, 6.45) is 1.64. The van der Waals surface area contributed by atoms with Crippen molar-refractivity contribution >= 4 is 11.6 Å². The van der Waals surface area contributed by atoms with E-state index in [1.165, 1.54) is 0 Å². The Kier molecular flexibility index (Phi) is 5.15. The van der Waals surface area contributed by atoms with Crippen LogP contribution in [0, 0.1) is 0 Å². The standard InChI is InChI=1S/C6H14ClNO/c1-8(2)6(7)4-3-5-9/h6,9H,3-5H2,1-2H3. The van der Waals surface area contributed by atoms with Crippen molar-refractivity contribution in [3.05, 3.63) is 0 Å². The maximum absolute atomic E-state index is 8.42. The highest BCUT2D eigenvalue weighted by molar-refractivity contribution is 6.20. The molecular formula is C6H14ClNO. The molecule has 0 saturated carbocycles. The number of aliphatic hydroxyl groups excluding tert-OH is 1. The first-order valence-corrected chi connectivity index (χ1v) is 3.53. The van der Waals surface area contributed by atoms with Crippen molar-refractivity contribution in [2.45, 2.75) is 18.3 Å². The summed E-state index contributed by atoms with van der Waals surface area (Å²) in [7, 11) is 3.85. The van der Waals surface area contributed by atoms with Crippen LogP contribution in [-0.4, -0.2) is 36.2 Å². The van der Waals surface area contributed by atoms with Crippen LogP contribution in [0.2, 0.25) is 0 Å². The minimum Gasteiger partial charge on any atom is -0.396 e. The Labute approximate surface area is 61.4 Å². The summed E-state index contributed by atoms with van der Waals surface area (Å²) >= 11 is 5.81. The second-order valence-electron chi connectivity index (χ2n) is 2.26. The molecule has 0 rings (SSSR count). The Hall–Kier alpha value is 0.210. The molecule has 0 aromatic rings. The van der Waals surface area contributed by atoms with Gasteiger partial charge in [0, 0.05) is 6.61 Å². The van der Waals surface area contributed by atoms with Crippen LogP contribution in [0.15, 0.2) is 0 Å². The lowest BCUT2D eigenvalue weighted by Gasteiger charge is -2.16. The van der Waals surface area contributed by atoms with Crippen LogP contribution in [0.25, 0.3) is 0 Å². The molecule has 0 aliphatic heterocycles. The maximum Gasteiger partial charge on any atom is 0.0846 e. The van der Waals surface area contributed by atoms with Crippen molar-refractivity contribution in [1.29, 1.82) is 0 Å². The number of rotatable bonds is 4. The van der Waals surface area contributed by atoms with Crippen molar-refractivity contribution in [3.63, 3.8) is 0 Å². The molecule has 0 aliphatic rings. The monoisotopic (exact) mass is 151 g/mol. The molecule has 3 heteroatoms. The summed E-state index contributed by atoms with van der Waals surface area (Å²) in [4.78, 5) is 1.93. The van der Waals surface area contributed by atoms with Gasteiger partial charge in [0.15, 0.2) is 0 Å². The third-order valence-corrected chi connectivity index (χ3v) is 1.77. The Bertz CT molecular complexity index is 68.1.